The van der Waals surface area contributed by atoms with Gasteiger partial charge in [-0.15, -0.1) is 13.2 Å². The summed E-state index contributed by atoms with van der Waals surface area (Å²) >= 11 is 0. The number of esters is 1. The topological polar surface area (TPSA) is 69.4 Å². The van der Waals surface area contributed by atoms with Crippen molar-refractivity contribution in [3.05, 3.63) is 49.1 Å². The van der Waals surface area contributed by atoms with E-state index in [1.54, 1.807) is 0 Å². The van der Waals surface area contributed by atoms with E-state index in [-0.39, 0.29) is 6.61 Å². The van der Waals surface area contributed by atoms with E-state index in [0.717, 1.165) is 5.56 Å². The van der Waals surface area contributed by atoms with E-state index in [1.165, 1.54) is 6.92 Å². The Morgan fingerprint density at radius 2 is 1.82 bits per heavy atom. The fourth-order valence-corrected chi connectivity index (χ4v) is 0.984. The third-order valence-corrected chi connectivity index (χ3v) is 1.92. The van der Waals surface area contributed by atoms with Crippen LogP contribution in [-0.2, 0) is 20.9 Å². The first-order valence-corrected chi connectivity index (χ1v) is 5.08. The zero-order valence-electron chi connectivity index (χ0n) is 9.89. The summed E-state index contributed by atoms with van der Waals surface area (Å²) in [5, 5.41) is 0. The molecule has 0 aliphatic rings. The maximum Gasteiger partial charge on any atom is 0.330 e. The van der Waals surface area contributed by atoms with Crippen LogP contribution in [0.3, 0.4) is 0 Å². The van der Waals surface area contributed by atoms with Gasteiger partial charge in [0, 0.05) is 0 Å². The van der Waals surface area contributed by atoms with Crippen molar-refractivity contribution in [3.63, 3.8) is 0 Å². The van der Waals surface area contributed by atoms with Gasteiger partial charge in [0.05, 0.1) is 0 Å². The molecule has 2 N–H and O–H groups in total. The molecule has 0 amide bonds. The molecule has 4 heteroatoms. The average Bonchev–Trinajstić information content (AvgIpc) is 2.38. The lowest BCUT2D eigenvalue weighted by molar-refractivity contribution is -0.148. The third kappa shape index (κ3) is 5.63. The molecule has 92 valence electrons. The quantitative estimate of drug-likeness (QED) is 0.487. The van der Waals surface area contributed by atoms with E-state index in [2.05, 4.69) is 13.2 Å². The van der Waals surface area contributed by atoms with E-state index in [1.807, 2.05) is 30.3 Å². The summed E-state index contributed by atoms with van der Waals surface area (Å²) in [4.78, 5) is 22.0. The largest absolute Gasteiger partial charge is 0.459 e. The van der Waals surface area contributed by atoms with Gasteiger partial charge in [-0.25, -0.2) is 4.79 Å². The number of carbonyl (C=O) groups excluding carboxylic acids is 2. The highest BCUT2D eigenvalue weighted by molar-refractivity contribution is 6.01. The molecule has 0 spiro atoms. The van der Waals surface area contributed by atoms with Crippen molar-refractivity contribution in [1.29, 1.82) is 0 Å². The lowest BCUT2D eigenvalue weighted by atomic mass is 10.2. The lowest BCUT2D eigenvalue weighted by Crippen LogP contribution is -2.38. The number of ether oxygens (including phenoxy) is 1. The highest BCUT2D eigenvalue weighted by Crippen LogP contribution is 2.01. The number of nitrogens with two attached hydrogens (primary N) is 1. The molecule has 1 aromatic rings. The Kier molecular flexibility index (Phi) is 7.30. The van der Waals surface area contributed by atoms with Gasteiger partial charge in [-0.2, -0.15) is 0 Å². The smallest absolute Gasteiger partial charge is 0.330 e. The van der Waals surface area contributed by atoms with Crippen LogP contribution in [0.5, 0.6) is 0 Å². The minimum atomic E-state index is -1.17. The van der Waals surface area contributed by atoms with Crippen LogP contribution in [0.2, 0.25) is 0 Å². The molecule has 1 atom stereocenters. The summed E-state index contributed by atoms with van der Waals surface area (Å²) in [6, 6.07) is 8.03. The van der Waals surface area contributed by atoms with Crippen LogP contribution in [0, 0.1) is 0 Å². The molecule has 0 fully saturated rings. The highest BCUT2D eigenvalue weighted by atomic mass is 16.5. The molecule has 0 saturated heterocycles. The van der Waals surface area contributed by atoms with Gasteiger partial charge >= 0.3 is 5.97 Å². The van der Waals surface area contributed by atoms with Crippen LogP contribution in [0.15, 0.2) is 43.5 Å². The van der Waals surface area contributed by atoms with Crippen LogP contribution in [0.25, 0.3) is 0 Å². The Morgan fingerprint density at radius 1 is 1.29 bits per heavy atom. The van der Waals surface area contributed by atoms with Gasteiger partial charge in [0.25, 0.3) is 0 Å². The SMILES string of the molecule is C=C.CC(=O)C(N)C(=O)OCc1ccccc1. The minimum Gasteiger partial charge on any atom is -0.459 e. The molecule has 0 aromatic heterocycles. The van der Waals surface area contributed by atoms with Gasteiger partial charge < -0.3 is 10.5 Å². The molecule has 17 heavy (non-hydrogen) atoms. The molecule has 0 heterocycles. The van der Waals surface area contributed by atoms with Crippen molar-refractivity contribution < 1.29 is 14.3 Å². The predicted molar refractivity (Wildman–Crippen MR) is 66.1 cm³/mol. The summed E-state index contributed by atoms with van der Waals surface area (Å²) in [5.74, 6) is -1.08. The van der Waals surface area contributed by atoms with Crippen molar-refractivity contribution in [2.45, 2.75) is 19.6 Å². The third-order valence-electron chi connectivity index (χ3n) is 1.92. The summed E-state index contributed by atoms with van der Waals surface area (Å²) in [5.41, 5.74) is 6.16. The zero-order chi connectivity index (χ0) is 13.3. The molecule has 0 aliphatic heterocycles. The van der Waals surface area contributed by atoms with Gasteiger partial charge in [0.15, 0.2) is 11.8 Å². The van der Waals surface area contributed by atoms with Crippen molar-refractivity contribution in [2.75, 3.05) is 0 Å². The molecule has 1 unspecified atom stereocenters. The first kappa shape index (κ1) is 15.1. The normalized spacial score (nSPS) is 10.7. The second kappa shape index (κ2) is 8.24. The molecule has 0 aliphatic carbocycles. The standard InChI is InChI=1S/C11H13NO3.C2H4/c1-8(13)10(12)11(14)15-7-9-5-3-2-4-6-9;1-2/h2-6,10H,7,12H2,1H3;1-2H2. The average molecular weight is 235 g/mol. The van der Waals surface area contributed by atoms with Crippen molar-refractivity contribution in [1.82, 2.24) is 0 Å². The van der Waals surface area contributed by atoms with Crippen molar-refractivity contribution in [3.8, 4) is 0 Å². The molecule has 1 aromatic carbocycles. The monoisotopic (exact) mass is 235 g/mol. The maximum absolute atomic E-state index is 11.2. The maximum atomic E-state index is 11.2. The van der Waals surface area contributed by atoms with Gasteiger partial charge in [-0.1, -0.05) is 30.3 Å². The fourth-order valence-electron chi connectivity index (χ4n) is 0.984. The Labute approximate surface area is 101 Å². The molecule has 0 bridgehead atoms. The molecular weight excluding hydrogens is 218 g/mol. The highest BCUT2D eigenvalue weighted by Gasteiger charge is 2.19. The fraction of sp³-hybridized carbons (Fsp3) is 0.231. The van der Waals surface area contributed by atoms with Crippen molar-refractivity contribution >= 4 is 11.8 Å². The number of hydrogen-bond acceptors (Lipinski definition) is 4. The van der Waals surface area contributed by atoms with E-state index in [4.69, 9.17) is 10.5 Å². The van der Waals surface area contributed by atoms with Gasteiger partial charge in [0.2, 0.25) is 0 Å². The molecule has 0 radical (unpaired) electrons. The summed E-state index contributed by atoms with van der Waals surface area (Å²) in [7, 11) is 0. The summed E-state index contributed by atoms with van der Waals surface area (Å²) < 4.78 is 4.87. The zero-order valence-corrected chi connectivity index (χ0v) is 9.89. The molecular formula is C13H17NO3. The Morgan fingerprint density at radius 3 is 2.29 bits per heavy atom. The van der Waals surface area contributed by atoms with Crippen LogP contribution in [0.1, 0.15) is 12.5 Å². The van der Waals surface area contributed by atoms with Gasteiger partial charge in [-0.05, 0) is 12.5 Å². The predicted octanol–water partition coefficient (Wildman–Crippen LogP) is 1.45. The van der Waals surface area contributed by atoms with Crippen molar-refractivity contribution in [2.24, 2.45) is 5.73 Å². The van der Waals surface area contributed by atoms with E-state index >= 15 is 0 Å². The van der Waals surface area contributed by atoms with Gasteiger partial charge in [0.1, 0.15) is 6.61 Å². The van der Waals surface area contributed by atoms with Crippen LogP contribution >= 0.6 is 0 Å². The number of carbonyl (C=O) groups is 2. The number of rotatable bonds is 4. The minimum absolute atomic E-state index is 0.140. The first-order valence-electron chi connectivity index (χ1n) is 5.08. The number of Topliss-reactive ketones (excluding diaryl/α,β-unsaturated/α-hetero) is 1. The first-order chi connectivity index (χ1) is 8.11. The number of benzene rings is 1. The molecule has 1 rings (SSSR count). The Hall–Kier alpha value is -1.94. The molecule has 4 nitrogen and oxygen atoms in total. The summed E-state index contributed by atoms with van der Waals surface area (Å²) in [6.45, 7) is 7.40. The Balaban J connectivity index is 0.00000121. The van der Waals surface area contributed by atoms with E-state index in [0.29, 0.717) is 0 Å². The molecule has 0 saturated carbocycles. The van der Waals surface area contributed by atoms with Crippen LogP contribution < -0.4 is 5.73 Å². The van der Waals surface area contributed by atoms with Crippen LogP contribution in [-0.4, -0.2) is 17.8 Å². The Bertz CT molecular complexity index is 362. The van der Waals surface area contributed by atoms with Crippen LogP contribution in [0.4, 0.5) is 0 Å². The van der Waals surface area contributed by atoms with E-state index < -0.39 is 17.8 Å². The second-order valence-corrected chi connectivity index (χ2v) is 3.18. The number of hydrogen-bond donors (Lipinski definition) is 1. The second-order valence-electron chi connectivity index (χ2n) is 3.18. The van der Waals surface area contributed by atoms with Gasteiger partial charge in [-0.3, -0.25) is 4.79 Å². The number of ketones is 1. The van der Waals surface area contributed by atoms with E-state index in [9.17, 15) is 9.59 Å². The summed E-state index contributed by atoms with van der Waals surface area (Å²) in [6.07, 6.45) is 0. The lowest BCUT2D eigenvalue weighted by Gasteiger charge is -2.08.